The first-order valence-corrected chi connectivity index (χ1v) is 9.29. The Labute approximate surface area is 138 Å². The van der Waals surface area contributed by atoms with Crippen LogP contribution < -0.4 is 0 Å². The van der Waals surface area contributed by atoms with Gasteiger partial charge in [0.2, 0.25) is 0 Å². The minimum absolute atomic E-state index is 0.0878. The third kappa shape index (κ3) is 2.84. The van der Waals surface area contributed by atoms with Crippen molar-refractivity contribution in [2.24, 2.45) is 0 Å². The summed E-state index contributed by atoms with van der Waals surface area (Å²) in [4.78, 5) is 5.63. The molecule has 0 saturated carbocycles. The van der Waals surface area contributed by atoms with E-state index < -0.39 is 10.0 Å². The lowest BCUT2D eigenvalue weighted by molar-refractivity contribution is -0.0499. The highest BCUT2D eigenvalue weighted by atomic mass is 79.9. The van der Waals surface area contributed by atoms with Gasteiger partial charge in [-0.25, -0.2) is 8.42 Å². The number of nitrogens with zero attached hydrogens (tertiary/aromatic N) is 1. The van der Waals surface area contributed by atoms with Crippen LogP contribution in [0.2, 0.25) is 0 Å². The van der Waals surface area contributed by atoms with Crippen LogP contribution in [-0.2, 0) is 14.9 Å². The van der Waals surface area contributed by atoms with E-state index in [9.17, 15) is 8.42 Å². The van der Waals surface area contributed by atoms with Gasteiger partial charge >= 0.3 is 0 Å². The number of rotatable bonds is 3. The van der Waals surface area contributed by atoms with Crippen molar-refractivity contribution in [2.75, 3.05) is 6.61 Å². The molecule has 0 unspecified atom stereocenters. The number of hydrogen-bond donors (Lipinski definition) is 0. The predicted molar refractivity (Wildman–Crippen MR) is 88.1 cm³/mol. The van der Waals surface area contributed by atoms with Crippen LogP contribution in [0.5, 0.6) is 0 Å². The van der Waals surface area contributed by atoms with Crippen LogP contribution in [0.1, 0.15) is 17.2 Å². The lowest BCUT2D eigenvalue weighted by atomic mass is 10.1. The van der Waals surface area contributed by atoms with E-state index >= 15 is 0 Å². The van der Waals surface area contributed by atoms with Crippen molar-refractivity contribution in [1.82, 2.24) is 4.47 Å². The van der Waals surface area contributed by atoms with Gasteiger partial charge in [0.1, 0.15) is 0 Å². The maximum absolute atomic E-state index is 12.9. The molecule has 1 aliphatic rings. The van der Waals surface area contributed by atoms with Crippen LogP contribution in [0, 0.1) is 6.92 Å². The minimum Gasteiger partial charge on any atom is -0.282 e. The fraction of sp³-hybridized carbons (Fsp3) is 0.250. The first-order valence-electron chi connectivity index (χ1n) is 6.93. The molecule has 6 heteroatoms. The summed E-state index contributed by atoms with van der Waals surface area (Å²) in [6.45, 7) is 2.23. The molecule has 0 N–H and O–H groups in total. The number of halogens is 1. The third-order valence-corrected chi connectivity index (χ3v) is 6.07. The Balaban J connectivity index is 2.00. The molecule has 1 aliphatic heterocycles. The second kappa shape index (κ2) is 6.12. The Morgan fingerprint density at radius 3 is 2.36 bits per heavy atom. The van der Waals surface area contributed by atoms with Crippen molar-refractivity contribution in [3.63, 3.8) is 0 Å². The molecule has 0 bridgehead atoms. The van der Waals surface area contributed by atoms with Crippen LogP contribution >= 0.6 is 15.9 Å². The molecule has 1 fully saturated rings. The molecule has 4 nitrogen and oxygen atoms in total. The summed E-state index contributed by atoms with van der Waals surface area (Å²) in [5.74, 6) is 0. The highest BCUT2D eigenvalue weighted by Crippen LogP contribution is 2.38. The van der Waals surface area contributed by atoms with Crippen molar-refractivity contribution >= 4 is 26.0 Å². The molecule has 0 spiro atoms. The second-order valence-corrected chi connectivity index (χ2v) is 8.20. The molecule has 0 amide bonds. The molecule has 1 saturated heterocycles. The maximum Gasteiger partial charge on any atom is 0.265 e. The van der Waals surface area contributed by atoms with Gasteiger partial charge in [-0.2, -0.15) is 0 Å². The van der Waals surface area contributed by atoms with Crippen molar-refractivity contribution in [3.05, 3.63) is 65.7 Å². The van der Waals surface area contributed by atoms with E-state index in [0.29, 0.717) is 6.61 Å². The van der Waals surface area contributed by atoms with Gasteiger partial charge in [-0.1, -0.05) is 68.4 Å². The molecule has 0 aromatic heterocycles. The van der Waals surface area contributed by atoms with Crippen molar-refractivity contribution in [1.29, 1.82) is 0 Å². The van der Waals surface area contributed by atoms with Crippen LogP contribution in [0.4, 0.5) is 0 Å². The van der Waals surface area contributed by atoms with Crippen LogP contribution in [0.15, 0.2) is 59.5 Å². The smallest absolute Gasteiger partial charge is 0.265 e. The molecule has 0 aliphatic carbocycles. The molecule has 0 radical (unpaired) electrons. The van der Waals surface area contributed by atoms with Gasteiger partial charge in [0.05, 0.1) is 22.4 Å². The largest absolute Gasteiger partial charge is 0.282 e. The summed E-state index contributed by atoms with van der Waals surface area (Å²) in [5.41, 5.74) is 1.91. The quantitative estimate of drug-likeness (QED) is 0.765. The molecule has 1 heterocycles. The Hall–Kier alpha value is -1.21. The Morgan fingerprint density at radius 2 is 1.73 bits per heavy atom. The molecule has 2 atom stereocenters. The van der Waals surface area contributed by atoms with Crippen molar-refractivity contribution in [2.45, 2.75) is 22.7 Å². The van der Waals surface area contributed by atoms with Gasteiger partial charge in [0.25, 0.3) is 10.0 Å². The van der Waals surface area contributed by atoms with Crippen molar-refractivity contribution < 1.29 is 13.3 Å². The minimum atomic E-state index is -3.70. The standard InChI is InChI=1S/C16H16BrNO3S/c1-12-7-9-14(10-8-12)22(19,20)18-16(15(17)11-21-18)13-5-3-2-4-6-13/h2-10,15-16H,11H2,1H3/t15-,16+/m0/s1. The fourth-order valence-electron chi connectivity index (χ4n) is 2.46. The van der Waals surface area contributed by atoms with Gasteiger partial charge in [-0.15, -0.1) is 0 Å². The monoisotopic (exact) mass is 381 g/mol. The number of alkyl halides is 1. The van der Waals surface area contributed by atoms with E-state index in [1.54, 1.807) is 24.3 Å². The van der Waals surface area contributed by atoms with Gasteiger partial charge in [0.15, 0.2) is 0 Å². The molecule has 22 heavy (non-hydrogen) atoms. The number of aryl methyl sites for hydroxylation is 1. The fourth-order valence-corrected chi connectivity index (χ4v) is 4.71. The first-order chi connectivity index (χ1) is 10.5. The van der Waals surface area contributed by atoms with Gasteiger partial charge < -0.3 is 0 Å². The average Bonchev–Trinajstić information content (AvgIpc) is 2.91. The third-order valence-electron chi connectivity index (χ3n) is 3.63. The zero-order chi connectivity index (χ0) is 15.7. The highest BCUT2D eigenvalue weighted by molar-refractivity contribution is 9.09. The number of benzene rings is 2. The predicted octanol–water partition coefficient (Wildman–Crippen LogP) is 3.44. The van der Waals surface area contributed by atoms with E-state index in [0.717, 1.165) is 15.6 Å². The maximum atomic E-state index is 12.9. The summed E-state index contributed by atoms with van der Waals surface area (Å²) < 4.78 is 26.8. The van der Waals surface area contributed by atoms with Gasteiger partial charge in [0, 0.05) is 0 Å². The van der Waals surface area contributed by atoms with E-state index in [-0.39, 0.29) is 15.8 Å². The number of hydroxylamine groups is 1. The molecular formula is C16H16BrNO3S. The topological polar surface area (TPSA) is 46.6 Å². The first kappa shape index (κ1) is 15.7. The zero-order valence-electron chi connectivity index (χ0n) is 12.0. The van der Waals surface area contributed by atoms with Gasteiger partial charge in [-0.3, -0.25) is 4.84 Å². The average molecular weight is 382 g/mol. The van der Waals surface area contributed by atoms with Crippen LogP contribution in [0.3, 0.4) is 0 Å². The summed E-state index contributed by atoms with van der Waals surface area (Å²) >= 11 is 3.53. The second-order valence-electron chi connectivity index (χ2n) is 5.24. The summed E-state index contributed by atoms with van der Waals surface area (Å²) in [6, 6.07) is 15.9. The Morgan fingerprint density at radius 1 is 1.09 bits per heavy atom. The normalized spacial score (nSPS) is 22.8. The molecule has 2 aromatic carbocycles. The molecular weight excluding hydrogens is 366 g/mol. The van der Waals surface area contributed by atoms with E-state index in [1.807, 2.05) is 37.3 Å². The van der Waals surface area contributed by atoms with E-state index in [4.69, 9.17) is 4.84 Å². The lowest BCUT2D eigenvalue weighted by Crippen LogP contribution is -2.31. The summed E-state index contributed by atoms with van der Waals surface area (Å²) in [5, 5.41) is 0. The Kier molecular flexibility index (Phi) is 4.36. The molecule has 116 valence electrons. The number of sulfonamides is 1. The zero-order valence-corrected chi connectivity index (χ0v) is 14.4. The SMILES string of the molecule is Cc1ccc(S(=O)(=O)N2OC[C@H](Br)[C@H]2c2ccccc2)cc1. The number of hydrogen-bond acceptors (Lipinski definition) is 3. The van der Waals surface area contributed by atoms with Gasteiger partial charge in [-0.05, 0) is 24.6 Å². The van der Waals surface area contributed by atoms with E-state index in [1.165, 1.54) is 0 Å². The molecule has 3 rings (SSSR count). The van der Waals surface area contributed by atoms with Crippen molar-refractivity contribution in [3.8, 4) is 0 Å². The molecule has 2 aromatic rings. The summed E-state index contributed by atoms with van der Waals surface area (Å²) in [7, 11) is -3.70. The lowest BCUT2D eigenvalue weighted by Gasteiger charge is -2.23. The Bertz CT molecular complexity index is 747. The summed E-state index contributed by atoms with van der Waals surface area (Å²) in [6.07, 6.45) is 0. The highest BCUT2D eigenvalue weighted by Gasteiger charge is 2.43. The van der Waals surface area contributed by atoms with E-state index in [2.05, 4.69) is 15.9 Å². The van der Waals surface area contributed by atoms with Crippen LogP contribution in [-0.4, -0.2) is 24.3 Å². The van der Waals surface area contributed by atoms with Crippen LogP contribution in [0.25, 0.3) is 0 Å².